The third-order valence-corrected chi connectivity index (χ3v) is 4.48. The number of nitro benzene ring substituents is 1. The monoisotopic (exact) mass is 405 g/mol. The van der Waals surface area contributed by atoms with Crippen LogP contribution in [0.15, 0.2) is 36.4 Å². The fourth-order valence-electron chi connectivity index (χ4n) is 2.45. The van der Waals surface area contributed by atoms with Crippen molar-refractivity contribution in [3.8, 4) is 0 Å². The molecule has 9 heteroatoms. The molecule has 0 aliphatic carbocycles. The smallest absolute Gasteiger partial charge is 0.341 e. The quantitative estimate of drug-likeness (QED) is 0.445. The Kier molecular flexibility index (Phi) is 6.58. The first-order valence-corrected chi connectivity index (χ1v) is 8.72. The van der Waals surface area contributed by atoms with Crippen LogP contribution in [0.5, 0.6) is 0 Å². The Bertz CT molecular complexity index is 930. The van der Waals surface area contributed by atoms with Gasteiger partial charge in [-0.2, -0.15) is 0 Å². The second kappa shape index (κ2) is 8.71. The second-order valence-electron chi connectivity index (χ2n) is 6.30. The number of anilines is 2. The van der Waals surface area contributed by atoms with E-state index < -0.39 is 22.9 Å². The van der Waals surface area contributed by atoms with Gasteiger partial charge in [-0.1, -0.05) is 17.7 Å². The number of amides is 1. The first-order chi connectivity index (χ1) is 13.1. The normalized spacial score (nSPS) is 11.5. The van der Waals surface area contributed by atoms with Gasteiger partial charge in [0.15, 0.2) is 6.10 Å². The van der Waals surface area contributed by atoms with Gasteiger partial charge >= 0.3 is 5.97 Å². The number of halogens is 1. The Labute approximate surface area is 167 Å². The van der Waals surface area contributed by atoms with Crippen LogP contribution in [0.25, 0.3) is 0 Å². The predicted octanol–water partition coefficient (Wildman–Crippen LogP) is 3.81. The summed E-state index contributed by atoms with van der Waals surface area (Å²) in [6.45, 7) is 3.17. The van der Waals surface area contributed by atoms with Crippen molar-refractivity contribution in [3.05, 3.63) is 62.7 Å². The van der Waals surface area contributed by atoms with Gasteiger partial charge < -0.3 is 15.0 Å². The Morgan fingerprint density at radius 3 is 2.54 bits per heavy atom. The number of nitrogens with zero attached hydrogens (tertiary/aromatic N) is 2. The zero-order chi connectivity index (χ0) is 21.0. The molecular weight excluding hydrogens is 386 g/mol. The highest BCUT2D eigenvalue weighted by molar-refractivity contribution is 6.31. The van der Waals surface area contributed by atoms with Gasteiger partial charge in [-0.05, 0) is 37.6 Å². The summed E-state index contributed by atoms with van der Waals surface area (Å²) in [7, 11) is 3.38. The van der Waals surface area contributed by atoms with Crippen molar-refractivity contribution in [2.45, 2.75) is 20.0 Å². The molecule has 0 fully saturated rings. The van der Waals surface area contributed by atoms with Crippen LogP contribution in [0.3, 0.4) is 0 Å². The van der Waals surface area contributed by atoms with E-state index in [1.165, 1.54) is 19.1 Å². The standard InChI is InChI=1S/C19H20ClN3O5/c1-11-15(20)6-5-7-16(11)21-18(24)12(2)28-19(25)14-10-13(23(26)27)8-9-17(14)22(3)4/h5-10,12H,1-4H3,(H,21,24)/t12-/m0/s1. The van der Waals surface area contributed by atoms with E-state index in [-0.39, 0.29) is 11.3 Å². The topological polar surface area (TPSA) is 102 Å². The van der Waals surface area contributed by atoms with Gasteiger partial charge in [-0.15, -0.1) is 0 Å². The molecule has 0 bridgehead atoms. The van der Waals surface area contributed by atoms with Gasteiger partial charge in [0.2, 0.25) is 0 Å². The molecule has 0 spiro atoms. The Hall–Kier alpha value is -3.13. The van der Waals surface area contributed by atoms with Crippen molar-refractivity contribution >= 4 is 40.5 Å². The maximum Gasteiger partial charge on any atom is 0.341 e. The zero-order valence-corrected chi connectivity index (χ0v) is 16.6. The molecule has 0 aliphatic rings. The number of ether oxygens (including phenoxy) is 1. The van der Waals surface area contributed by atoms with E-state index in [9.17, 15) is 19.7 Å². The van der Waals surface area contributed by atoms with Crippen molar-refractivity contribution < 1.29 is 19.2 Å². The Balaban J connectivity index is 2.19. The van der Waals surface area contributed by atoms with Crippen LogP contribution in [-0.4, -0.2) is 37.0 Å². The maximum atomic E-state index is 12.6. The fourth-order valence-corrected chi connectivity index (χ4v) is 2.62. The van der Waals surface area contributed by atoms with Crippen LogP contribution in [0, 0.1) is 17.0 Å². The molecule has 0 unspecified atom stereocenters. The summed E-state index contributed by atoms with van der Waals surface area (Å²) in [5.74, 6) is -1.38. The SMILES string of the molecule is Cc1c(Cl)cccc1NC(=O)[C@H](C)OC(=O)c1cc([N+](=O)[O-])ccc1N(C)C. The minimum atomic E-state index is -1.12. The number of hydrogen-bond donors (Lipinski definition) is 1. The average molecular weight is 406 g/mol. The van der Waals surface area contributed by atoms with Gasteiger partial charge in [-0.25, -0.2) is 4.79 Å². The maximum absolute atomic E-state index is 12.6. The van der Waals surface area contributed by atoms with E-state index in [4.69, 9.17) is 16.3 Å². The number of benzene rings is 2. The summed E-state index contributed by atoms with van der Waals surface area (Å²) in [6, 6.07) is 8.94. The van der Waals surface area contributed by atoms with Crippen LogP contribution in [0.4, 0.5) is 17.1 Å². The lowest BCUT2D eigenvalue weighted by Crippen LogP contribution is -2.30. The van der Waals surface area contributed by atoms with Crippen LogP contribution in [0.2, 0.25) is 5.02 Å². The van der Waals surface area contributed by atoms with Crippen molar-refractivity contribution in [1.82, 2.24) is 0 Å². The number of non-ortho nitro benzene ring substituents is 1. The van der Waals surface area contributed by atoms with E-state index in [1.807, 2.05) is 0 Å². The Morgan fingerprint density at radius 2 is 1.93 bits per heavy atom. The molecule has 28 heavy (non-hydrogen) atoms. The summed E-state index contributed by atoms with van der Waals surface area (Å²) in [5.41, 5.74) is 1.38. The van der Waals surface area contributed by atoms with Crippen LogP contribution < -0.4 is 10.2 Å². The third-order valence-electron chi connectivity index (χ3n) is 4.07. The number of nitrogens with one attached hydrogen (secondary N) is 1. The van der Waals surface area contributed by atoms with Crippen molar-refractivity contribution in [3.63, 3.8) is 0 Å². The summed E-state index contributed by atoms with van der Waals surface area (Å²) < 4.78 is 5.23. The van der Waals surface area contributed by atoms with Crippen molar-refractivity contribution in [1.29, 1.82) is 0 Å². The molecule has 148 valence electrons. The molecule has 2 aromatic carbocycles. The molecule has 0 aliphatic heterocycles. The van der Waals surface area contributed by atoms with Gasteiger partial charge in [-0.3, -0.25) is 14.9 Å². The highest BCUT2D eigenvalue weighted by Crippen LogP contribution is 2.26. The highest BCUT2D eigenvalue weighted by atomic mass is 35.5. The molecule has 0 aromatic heterocycles. The van der Waals surface area contributed by atoms with Gasteiger partial charge in [0.1, 0.15) is 0 Å². The van der Waals surface area contributed by atoms with E-state index in [1.54, 1.807) is 44.1 Å². The van der Waals surface area contributed by atoms with Crippen molar-refractivity contribution in [2.24, 2.45) is 0 Å². The number of carbonyl (C=O) groups is 2. The lowest BCUT2D eigenvalue weighted by molar-refractivity contribution is -0.384. The minimum Gasteiger partial charge on any atom is -0.449 e. The van der Waals surface area contributed by atoms with Crippen LogP contribution >= 0.6 is 11.6 Å². The Morgan fingerprint density at radius 1 is 1.25 bits per heavy atom. The molecular formula is C19H20ClN3O5. The fraction of sp³-hybridized carbons (Fsp3) is 0.263. The van der Waals surface area contributed by atoms with Crippen molar-refractivity contribution in [2.75, 3.05) is 24.3 Å². The molecule has 1 atom stereocenters. The first-order valence-electron chi connectivity index (χ1n) is 8.34. The predicted molar refractivity (Wildman–Crippen MR) is 107 cm³/mol. The van der Waals surface area contributed by atoms with E-state index in [0.29, 0.717) is 22.0 Å². The lowest BCUT2D eigenvalue weighted by atomic mass is 10.1. The number of nitro groups is 1. The number of carbonyl (C=O) groups excluding carboxylic acids is 2. The van der Waals surface area contributed by atoms with E-state index >= 15 is 0 Å². The molecule has 8 nitrogen and oxygen atoms in total. The average Bonchev–Trinajstić information content (AvgIpc) is 2.64. The number of hydrogen-bond acceptors (Lipinski definition) is 6. The van der Waals surface area contributed by atoms with Crippen LogP contribution in [-0.2, 0) is 9.53 Å². The largest absolute Gasteiger partial charge is 0.449 e. The molecule has 0 radical (unpaired) electrons. The number of esters is 1. The van der Waals surface area contributed by atoms with Gasteiger partial charge in [0.05, 0.1) is 16.2 Å². The summed E-state index contributed by atoms with van der Waals surface area (Å²) >= 11 is 6.03. The highest BCUT2D eigenvalue weighted by Gasteiger charge is 2.24. The van der Waals surface area contributed by atoms with Gasteiger partial charge in [0, 0.05) is 36.9 Å². The summed E-state index contributed by atoms with van der Waals surface area (Å²) in [6.07, 6.45) is -1.12. The first kappa shape index (κ1) is 21.2. The van der Waals surface area contributed by atoms with E-state index in [0.717, 1.165) is 6.07 Å². The summed E-state index contributed by atoms with van der Waals surface area (Å²) in [5, 5.41) is 14.2. The second-order valence-corrected chi connectivity index (χ2v) is 6.71. The molecule has 0 saturated heterocycles. The molecule has 1 N–H and O–H groups in total. The molecule has 2 aromatic rings. The zero-order valence-electron chi connectivity index (χ0n) is 15.9. The number of rotatable bonds is 6. The van der Waals surface area contributed by atoms with Gasteiger partial charge in [0.25, 0.3) is 11.6 Å². The summed E-state index contributed by atoms with van der Waals surface area (Å²) in [4.78, 5) is 37.0. The third kappa shape index (κ3) is 4.77. The molecule has 1 amide bonds. The van der Waals surface area contributed by atoms with E-state index in [2.05, 4.69) is 5.32 Å². The lowest BCUT2D eigenvalue weighted by Gasteiger charge is -2.19. The minimum absolute atomic E-state index is 0.00205. The molecule has 0 saturated carbocycles. The molecule has 2 rings (SSSR count). The molecule has 0 heterocycles. The van der Waals surface area contributed by atoms with Crippen LogP contribution in [0.1, 0.15) is 22.8 Å².